The molecule has 0 saturated heterocycles. The highest BCUT2D eigenvalue weighted by molar-refractivity contribution is 6.05. The molecule has 0 spiro atoms. The number of nitrogens with zero attached hydrogens (tertiary/aromatic N) is 3. The summed E-state index contributed by atoms with van der Waals surface area (Å²) in [5.74, 6) is -0.132. The van der Waals surface area contributed by atoms with Crippen LogP contribution in [0.15, 0.2) is 67.3 Å². The molecule has 128 valence electrons. The van der Waals surface area contributed by atoms with Crippen molar-refractivity contribution < 1.29 is 4.79 Å². The van der Waals surface area contributed by atoms with E-state index in [1.165, 1.54) is 11.9 Å². The third kappa shape index (κ3) is 2.73. The summed E-state index contributed by atoms with van der Waals surface area (Å²) in [5, 5.41) is 4.24. The van der Waals surface area contributed by atoms with Gasteiger partial charge in [-0.25, -0.2) is 9.97 Å². The zero-order valence-electron chi connectivity index (χ0n) is 14.6. The standard InChI is InChI=1S/C21H18N4O/c1-14-6-5-9-18(15(14)2)24-19-8-4-3-7-17(19)21(26)25-11-10-16-12-22-13-23-20(16)25/h3-13,24H,1-2H3. The predicted octanol–water partition coefficient (Wildman–Crippen LogP) is 4.48. The molecule has 0 fully saturated rings. The minimum atomic E-state index is -0.132. The van der Waals surface area contributed by atoms with Crippen molar-refractivity contribution in [3.05, 3.63) is 83.9 Å². The molecular formula is C21H18N4O. The van der Waals surface area contributed by atoms with E-state index in [0.717, 1.165) is 22.3 Å². The molecule has 0 aliphatic carbocycles. The fraction of sp³-hybridized carbons (Fsp3) is 0.0952. The van der Waals surface area contributed by atoms with Gasteiger partial charge < -0.3 is 5.32 Å². The van der Waals surface area contributed by atoms with Gasteiger partial charge in [0.25, 0.3) is 5.91 Å². The molecule has 1 N–H and O–H groups in total. The van der Waals surface area contributed by atoms with E-state index in [2.05, 4.69) is 35.2 Å². The minimum absolute atomic E-state index is 0.132. The number of aryl methyl sites for hydroxylation is 1. The summed E-state index contributed by atoms with van der Waals surface area (Å²) in [6, 6.07) is 15.4. The Morgan fingerprint density at radius 1 is 1.00 bits per heavy atom. The Morgan fingerprint density at radius 3 is 2.69 bits per heavy atom. The number of hydrogen-bond acceptors (Lipinski definition) is 4. The van der Waals surface area contributed by atoms with Gasteiger partial charge in [0.1, 0.15) is 12.0 Å². The maximum absolute atomic E-state index is 13.1. The Kier molecular flexibility index (Phi) is 3.97. The lowest BCUT2D eigenvalue weighted by Crippen LogP contribution is -2.13. The van der Waals surface area contributed by atoms with Crippen LogP contribution in [-0.4, -0.2) is 20.4 Å². The first-order chi connectivity index (χ1) is 12.6. The quantitative estimate of drug-likeness (QED) is 0.596. The van der Waals surface area contributed by atoms with Gasteiger partial charge in [0.15, 0.2) is 0 Å². The number of carbonyl (C=O) groups is 1. The van der Waals surface area contributed by atoms with Gasteiger partial charge in [-0.3, -0.25) is 9.36 Å². The number of para-hydroxylation sites is 1. The molecule has 4 aromatic rings. The topological polar surface area (TPSA) is 59.8 Å². The summed E-state index contributed by atoms with van der Waals surface area (Å²) in [5.41, 5.74) is 5.31. The van der Waals surface area contributed by atoms with Crippen molar-refractivity contribution in [3.63, 3.8) is 0 Å². The number of rotatable bonds is 3. The molecule has 5 heteroatoms. The Balaban J connectivity index is 1.76. The van der Waals surface area contributed by atoms with Gasteiger partial charge >= 0.3 is 0 Å². The van der Waals surface area contributed by atoms with Gasteiger partial charge in [0.05, 0.1) is 11.3 Å². The fourth-order valence-electron chi connectivity index (χ4n) is 2.98. The second kappa shape index (κ2) is 6.44. The zero-order valence-corrected chi connectivity index (χ0v) is 14.6. The van der Waals surface area contributed by atoms with E-state index in [9.17, 15) is 4.79 Å². The van der Waals surface area contributed by atoms with Crippen molar-refractivity contribution in [2.75, 3.05) is 5.32 Å². The SMILES string of the molecule is Cc1cccc(Nc2ccccc2C(=O)n2ccc3cncnc32)c1C. The van der Waals surface area contributed by atoms with Crippen LogP contribution in [0.25, 0.3) is 11.0 Å². The van der Waals surface area contributed by atoms with Crippen molar-refractivity contribution in [2.24, 2.45) is 0 Å². The van der Waals surface area contributed by atoms with Crippen LogP contribution in [0, 0.1) is 13.8 Å². The number of nitrogens with one attached hydrogen (secondary N) is 1. The number of anilines is 2. The second-order valence-electron chi connectivity index (χ2n) is 6.21. The van der Waals surface area contributed by atoms with Crippen LogP contribution in [0.4, 0.5) is 11.4 Å². The lowest BCUT2D eigenvalue weighted by atomic mass is 10.1. The van der Waals surface area contributed by atoms with E-state index in [1.807, 2.05) is 42.5 Å². The van der Waals surface area contributed by atoms with Gasteiger partial charge in [-0.05, 0) is 49.2 Å². The Morgan fingerprint density at radius 2 is 1.81 bits per heavy atom. The van der Waals surface area contributed by atoms with Crippen LogP contribution in [-0.2, 0) is 0 Å². The van der Waals surface area contributed by atoms with Gasteiger partial charge in [-0.2, -0.15) is 0 Å². The van der Waals surface area contributed by atoms with Gasteiger partial charge in [-0.1, -0.05) is 24.3 Å². The Bertz CT molecular complexity index is 1110. The monoisotopic (exact) mass is 342 g/mol. The molecule has 0 aliphatic rings. The number of benzene rings is 2. The van der Waals surface area contributed by atoms with Crippen LogP contribution in [0.5, 0.6) is 0 Å². The smallest absolute Gasteiger partial charge is 0.265 e. The molecule has 2 aromatic carbocycles. The molecule has 0 atom stereocenters. The molecule has 0 aliphatic heterocycles. The fourth-order valence-corrected chi connectivity index (χ4v) is 2.98. The Hall–Kier alpha value is -3.47. The number of hydrogen-bond donors (Lipinski definition) is 1. The van der Waals surface area contributed by atoms with Crippen molar-refractivity contribution in [3.8, 4) is 0 Å². The number of aromatic nitrogens is 3. The van der Waals surface area contributed by atoms with Crippen LogP contribution in [0.1, 0.15) is 21.5 Å². The molecule has 5 nitrogen and oxygen atoms in total. The lowest BCUT2D eigenvalue weighted by molar-refractivity contribution is 0.0965. The van der Waals surface area contributed by atoms with Gasteiger partial charge in [0, 0.05) is 23.5 Å². The van der Waals surface area contributed by atoms with Crippen molar-refractivity contribution in [1.29, 1.82) is 0 Å². The third-order valence-corrected chi connectivity index (χ3v) is 4.60. The van der Waals surface area contributed by atoms with Crippen LogP contribution >= 0.6 is 0 Å². The first kappa shape index (κ1) is 16.0. The normalized spacial score (nSPS) is 10.8. The summed E-state index contributed by atoms with van der Waals surface area (Å²) >= 11 is 0. The molecule has 0 bridgehead atoms. The van der Waals surface area contributed by atoms with Crippen LogP contribution < -0.4 is 5.32 Å². The van der Waals surface area contributed by atoms with Crippen molar-refractivity contribution >= 4 is 28.3 Å². The molecule has 0 radical (unpaired) electrons. The highest BCUT2D eigenvalue weighted by Gasteiger charge is 2.16. The molecule has 0 saturated carbocycles. The molecule has 2 heterocycles. The van der Waals surface area contributed by atoms with Gasteiger partial charge in [-0.15, -0.1) is 0 Å². The zero-order chi connectivity index (χ0) is 18.1. The molecule has 26 heavy (non-hydrogen) atoms. The van der Waals surface area contributed by atoms with E-state index in [-0.39, 0.29) is 5.91 Å². The molecule has 2 aromatic heterocycles. The van der Waals surface area contributed by atoms with Crippen LogP contribution in [0.2, 0.25) is 0 Å². The molecule has 0 unspecified atom stereocenters. The third-order valence-electron chi connectivity index (χ3n) is 4.60. The van der Waals surface area contributed by atoms with E-state index in [0.29, 0.717) is 11.2 Å². The maximum atomic E-state index is 13.1. The summed E-state index contributed by atoms with van der Waals surface area (Å²) in [4.78, 5) is 21.4. The molecule has 4 rings (SSSR count). The summed E-state index contributed by atoms with van der Waals surface area (Å²) in [7, 11) is 0. The Labute approximate surface area is 151 Å². The number of carbonyl (C=O) groups excluding carboxylic acids is 1. The van der Waals surface area contributed by atoms with Gasteiger partial charge in [0.2, 0.25) is 0 Å². The highest BCUT2D eigenvalue weighted by Crippen LogP contribution is 2.26. The van der Waals surface area contributed by atoms with E-state index in [4.69, 9.17) is 0 Å². The summed E-state index contributed by atoms with van der Waals surface area (Å²) in [6.07, 6.45) is 4.88. The lowest BCUT2D eigenvalue weighted by Gasteiger charge is -2.15. The molecular weight excluding hydrogens is 324 g/mol. The van der Waals surface area contributed by atoms with Crippen molar-refractivity contribution in [2.45, 2.75) is 13.8 Å². The van der Waals surface area contributed by atoms with Crippen LogP contribution in [0.3, 0.4) is 0 Å². The summed E-state index contributed by atoms with van der Waals surface area (Å²) in [6.45, 7) is 4.14. The first-order valence-corrected chi connectivity index (χ1v) is 8.39. The maximum Gasteiger partial charge on any atom is 0.265 e. The second-order valence-corrected chi connectivity index (χ2v) is 6.21. The summed E-state index contributed by atoms with van der Waals surface area (Å²) < 4.78 is 1.56. The van der Waals surface area contributed by atoms with E-state index >= 15 is 0 Å². The largest absolute Gasteiger partial charge is 0.355 e. The highest BCUT2D eigenvalue weighted by atomic mass is 16.2. The average Bonchev–Trinajstić information content (AvgIpc) is 3.09. The average molecular weight is 342 g/mol. The van der Waals surface area contributed by atoms with E-state index in [1.54, 1.807) is 17.0 Å². The number of fused-ring (bicyclic) bond motifs is 1. The minimum Gasteiger partial charge on any atom is -0.355 e. The van der Waals surface area contributed by atoms with Crippen molar-refractivity contribution in [1.82, 2.24) is 14.5 Å². The molecule has 0 amide bonds. The first-order valence-electron chi connectivity index (χ1n) is 8.39. The van der Waals surface area contributed by atoms with E-state index < -0.39 is 0 Å². The predicted molar refractivity (Wildman–Crippen MR) is 103 cm³/mol.